The molecule has 1 aromatic rings. The lowest BCUT2D eigenvalue weighted by Gasteiger charge is -2.25. The van der Waals surface area contributed by atoms with Gasteiger partial charge in [0.15, 0.2) is 0 Å². The van der Waals surface area contributed by atoms with E-state index in [9.17, 15) is 9.59 Å². The summed E-state index contributed by atoms with van der Waals surface area (Å²) in [7, 11) is 2.86. The highest BCUT2D eigenvalue weighted by molar-refractivity contribution is 5.81. The van der Waals surface area contributed by atoms with Crippen LogP contribution in [0.5, 0.6) is 0 Å². The Morgan fingerprint density at radius 2 is 1.90 bits per heavy atom. The molecule has 0 bridgehead atoms. The van der Waals surface area contributed by atoms with Gasteiger partial charge in [0.05, 0.1) is 7.11 Å². The van der Waals surface area contributed by atoms with Gasteiger partial charge in [-0.25, -0.2) is 9.59 Å². The molecule has 0 aromatic heterocycles. The van der Waals surface area contributed by atoms with Crippen LogP contribution in [0.3, 0.4) is 0 Å². The normalized spacial score (nSPS) is 11.6. The fraction of sp³-hybridized carbons (Fsp3) is 0.467. The van der Waals surface area contributed by atoms with Gasteiger partial charge in [-0.3, -0.25) is 4.90 Å². The number of methoxy groups -OCH3 is 1. The van der Waals surface area contributed by atoms with E-state index in [0.717, 1.165) is 12.0 Å². The topological polar surface area (TPSA) is 55.8 Å². The van der Waals surface area contributed by atoms with Crippen LogP contribution in [-0.4, -0.2) is 37.2 Å². The van der Waals surface area contributed by atoms with Crippen molar-refractivity contribution in [3.63, 3.8) is 0 Å². The number of hydrogen-bond acceptors (Lipinski definition) is 4. The standard InChI is InChI=1S/C15H21NO4/c1-4-8-13(14(17)19-3)16(2)15(18)20-11-12-9-6-5-7-10-12/h5-7,9-10,13H,4,8,11H2,1-3H3/t13-/m0/s1. The number of likely N-dealkylation sites (N-methyl/N-ethyl adjacent to an activating group) is 1. The zero-order chi connectivity index (χ0) is 15.0. The number of benzene rings is 1. The van der Waals surface area contributed by atoms with E-state index in [-0.39, 0.29) is 6.61 Å². The minimum Gasteiger partial charge on any atom is -0.467 e. The molecule has 1 amide bonds. The van der Waals surface area contributed by atoms with Gasteiger partial charge in [0.1, 0.15) is 12.6 Å². The molecule has 1 rings (SSSR count). The maximum Gasteiger partial charge on any atom is 0.410 e. The first-order valence-electron chi connectivity index (χ1n) is 6.61. The van der Waals surface area contributed by atoms with Crippen LogP contribution in [0.25, 0.3) is 0 Å². The lowest BCUT2D eigenvalue weighted by Crippen LogP contribution is -2.43. The van der Waals surface area contributed by atoms with Crippen LogP contribution in [0, 0.1) is 0 Å². The molecule has 0 aliphatic rings. The molecule has 110 valence electrons. The summed E-state index contributed by atoms with van der Waals surface area (Å²) in [5, 5.41) is 0. The summed E-state index contributed by atoms with van der Waals surface area (Å²) in [4.78, 5) is 24.9. The van der Waals surface area contributed by atoms with Gasteiger partial charge in [-0.2, -0.15) is 0 Å². The largest absolute Gasteiger partial charge is 0.467 e. The number of esters is 1. The number of carbonyl (C=O) groups is 2. The summed E-state index contributed by atoms with van der Waals surface area (Å²) in [6, 6.07) is 8.79. The molecule has 0 saturated heterocycles. The second-order valence-corrected chi connectivity index (χ2v) is 4.48. The second kappa shape index (κ2) is 8.19. The van der Waals surface area contributed by atoms with Gasteiger partial charge in [-0.1, -0.05) is 43.7 Å². The highest BCUT2D eigenvalue weighted by Crippen LogP contribution is 2.10. The molecule has 0 aliphatic heterocycles. The highest BCUT2D eigenvalue weighted by atomic mass is 16.6. The summed E-state index contributed by atoms with van der Waals surface area (Å²) >= 11 is 0. The Balaban J connectivity index is 2.58. The molecule has 5 nitrogen and oxygen atoms in total. The maximum atomic E-state index is 11.9. The molecule has 5 heteroatoms. The number of ether oxygens (including phenoxy) is 2. The van der Waals surface area contributed by atoms with Crippen molar-refractivity contribution in [1.29, 1.82) is 0 Å². The average molecular weight is 279 g/mol. The average Bonchev–Trinajstić information content (AvgIpc) is 2.49. The molecule has 20 heavy (non-hydrogen) atoms. The number of carbonyl (C=O) groups excluding carboxylic acids is 2. The van der Waals surface area contributed by atoms with E-state index in [1.54, 1.807) is 7.05 Å². The summed E-state index contributed by atoms with van der Waals surface area (Å²) < 4.78 is 9.90. The molecule has 0 spiro atoms. The zero-order valence-corrected chi connectivity index (χ0v) is 12.2. The second-order valence-electron chi connectivity index (χ2n) is 4.48. The van der Waals surface area contributed by atoms with Crippen molar-refractivity contribution in [1.82, 2.24) is 4.90 Å². The molecular formula is C15H21NO4. The van der Waals surface area contributed by atoms with Crippen molar-refractivity contribution >= 4 is 12.1 Å². The molecule has 0 aliphatic carbocycles. The Morgan fingerprint density at radius 1 is 1.25 bits per heavy atom. The Kier molecular flexibility index (Phi) is 6.56. The summed E-state index contributed by atoms with van der Waals surface area (Å²) in [5.74, 6) is -0.425. The van der Waals surface area contributed by atoms with Crippen LogP contribution in [-0.2, 0) is 20.9 Å². The van der Waals surface area contributed by atoms with Gasteiger partial charge >= 0.3 is 12.1 Å². The first-order chi connectivity index (χ1) is 9.60. The zero-order valence-electron chi connectivity index (χ0n) is 12.2. The Labute approximate surface area is 119 Å². The van der Waals surface area contributed by atoms with Crippen LogP contribution in [0.4, 0.5) is 4.79 Å². The molecular weight excluding hydrogens is 258 g/mol. The van der Waals surface area contributed by atoms with Crippen LogP contribution in [0.15, 0.2) is 30.3 Å². The van der Waals surface area contributed by atoms with Gasteiger partial charge in [0.2, 0.25) is 0 Å². The highest BCUT2D eigenvalue weighted by Gasteiger charge is 2.27. The first-order valence-corrected chi connectivity index (χ1v) is 6.61. The lowest BCUT2D eigenvalue weighted by molar-refractivity contribution is -0.146. The molecule has 0 N–H and O–H groups in total. The predicted molar refractivity (Wildman–Crippen MR) is 75.1 cm³/mol. The number of amides is 1. The van der Waals surface area contributed by atoms with E-state index in [1.807, 2.05) is 37.3 Å². The van der Waals surface area contributed by atoms with Gasteiger partial charge in [-0.15, -0.1) is 0 Å². The molecule has 0 unspecified atom stereocenters. The Morgan fingerprint density at radius 3 is 2.45 bits per heavy atom. The minimum absolute atomic E-state index is 0.185. The third kappa shape index (κ3) is 4.57. The summed E-state index contributed by atoms with van der Waals surface area (Å²) in [5.41, 5.74) is 0.902. The van der Waals surface area contributed by atoms with Crippen molar-refractivity contribution in [2.24, 2.45) is 0 Å². The SMILES string of the molecule is CCC[C@@H](C(=O)OC)N(C)C(=O)OCc1ccccc1. The number of hydrogen-bond donors (Lipinski definition) is 0. The molecule has 1 aromatic carbocycles. The van der Waals surface area contributed by atoms with Gasteiger partial charge in [0.25, 0.3) is 0 Å². The van der Waals surface area contributed by atoms with Crippen molar-refractivity contribution < 1.29 is 19.1 Å². The third-order valence-corrected chi connectivity index (χ3v) is 3.00. The van der Waals surface area contributed by atoms with E-state index in [4.69, 9.17) is 9.47 Å². The lowest BCUT2D eigenvalue weighted by atomic mass is 10.1. The van der Waals surface area contributed by atoms with Crippen LogP contribution in [0.2, 0.25) is 0 Å². The van der Waals surface area contributed by atoms with Crippen molar-refractivity contribution in [3.05, 3.63) is 35.9 Å². The fourth-order valence-electron chi connectivity index (χ4n) is 1.83. The molecule has 0 fully saturated rings. The van der Waals surface area contributed by atoms with Crippen molar-refractivity contribution in [3.8, 4) is 0 Å². The van der Waals surface area contributed by atoms with Crippen LogP contribution >= 0.6 is 0 Å². The van der Waals surface area contributed by atoms with E-state index in [2.05, 4.69) is 0 Å². The smallest absolute Gasteiger partial charge is 0.410 e. The number of nitrogens with zero attached hydrogens (tertiary/aromatic N) is 1. The fourth-order valence-corrected chi connectivity index (χ4v) is 1.83. The van der Waals surface area contributed by atoms with Crippen molar-refractivity contribution in [2.45, 2.75) is 32.4 Å². The summed E-state index contributed by atoms with van der Waals surface area (Å²) in [6.45, 7) is 2.13. The first kappa shape index (κ1) is 16.0. The molecule has 0 radical (unpaired) electrons. The van der Waals surface area contributed by atoms with Gasteiger partial charge in [0, 0.05) is 7.05 Å². The monoisotopic (exact) mass is 279 g/mol. The quantitative estimate of drug-likeness (QED) is 0.751. The third-order valence-electron chi connectivity index (χ3n) is 3.00. The van der Waals surface area contributed by atoms with E-state index < -0.39 is 18.1 Å². The summed E-state index contributed by atoms with van der Waals surface area (Å²) in [6.07, 6.45) is 0.789. The minimum atomic E-state index is -0.603. The maximum absolute atomic E-state index is 11.9. The van der Waals surface area contributed by atoms with Crippen LogP contribution < -0.4 is 0 Å². The molecule has 0 heterocycles. The van der Waals surface area contributed by atoms with Crippen molar-refractivity contribution in [2.75, 3.05) is 14.2 Å². The molecule has 0 saturated carbocycles. The van der Waals surface area contributed by atoms with E-state index in [1.165, 1.54) is 12.0 Å². The Bertz CT molecular complexity index is 433. The predicted octanol–water partition coefficient (Wildman–Crippen LogP) is 2.60. The molecule has 1 atom stereocenters. The van der Waals surface area contributed by atoms with Gasteiger partial charge < -0.3 is 9.47 Å². The van der Waals surface area contributed by atoms with E-state index >= 15 is 0 Å². The Hall–Kier alpha value is -2.04. The van der Waals surface area contributed by atoms with Crippen LogP contribution in [0.1, 0.15) is 25.3 Å². The van der Waals surface area contributed by atoms with Gasteiger partial charge in [-0.05, 0) is 12.0 Å². The van der Waals surface area contributed by atoms with E-state index in [0.29, 0.717) is 6.42 Å². The number of rotatable bonds is 6.